The second-order valence-electron chi connectivity index (χ2n) is 9.65. The molecule has 0 radical (unpaired) electrons. The lowest BCUT2D eigenvalue weighted by Crippen LogP contribution is -2.27. The second kappa shape index (κ2) is 10.5. The fraction of sp³-hybridized carbons (Fsp3) is 0.0625. The number of benzene rings is 4. The fourth-order valence-electron chi connectivity index (χ4n) is 4.94. The number of carbonyl (C=O) groups is 3. The molecule has 0 atom stereocenters. The maximum Gasteiger partial charge on any atom is 0.328 e. The monoisotopic (exact) mass is 543 g/mol. The van der Waals surface area contributed by atoms with Crippen molar-refractivity contribution in [3.05, 3.63) is 125 Å². The summed E-state index contributed by atoms with van der Waals surface area (Å²) in [7, 11) is 1.62. The van der Waals surface area contributed by atoms with Gasteiger partial charge in [0, 0.05) is 42.0 Å². The van der Waals surface area contributed by atoms with Crippen LogP contribution >= 0.6 is 0 Å². The van der Waals surface area contributed by atoms with Gasteiger partial charge >= 0.3 is 5.97 Å². The molecule has 41 heavy (non-hydrogen) atoms. The first-order valence-corrected chi connectivity index (χ1v) is 12.9. The van der Waals surface area contributed by atoms with Gasteiger partial charge in [0.15, 0.2) is 0 Å². The zero-order valence-corrected chi connectivity index (χ0v) is 22.0. The van der Waals surface area contributed by atoms with Crippen molar-refractivity contribution in [1.82, 2.24) is 15.3 Å². The highest BCUT2D eigenvalue weighted by molar-refractivity contribution is 6.16. The minimum absolute atomic E-state index is 0.287. The summed E-state index contributed by atoms with van der Waals surface area (Å²) in [6.07, 6.45) is 1.09. The maximum atomic E-state index is 13.3. The Bertz CT molecular complexity index is 1820. The molecule has 0 saturated heterocycles. The third-order valence-electron chi connectivity index (χ3n) is 6.99. The first kappa shape index (κ1) is 25.6. The summed E-state index contributed by atoms with van der Waals surface area (Å²) in [5.74, 6) is -1.09. The SMILES string of the molecule is CN1C(=O)c2ccccc2C(=CC(=O)O)c2ccc(C(=O)NCc3ccc(Nc4nc5ccccc5[nH]4)cc3)cc21. The Morgan fingerprint density at radius 3 is 2.41 bits per heavy atom. The summed E-state index contributed by atoms with van der Waals surface area (Å²) in [6, 6.07) is 27.2. The maximum absolute atomic E-state index is 13.3. The number of rotatable bonds is 6. The largest absolute Gasteiger partial charge is 0.478 e. The number of imidazole rings is 1. The smallest absolute Gasteiger partial charge is 0.328 e. The quantitative estimate of drug-likeness (QED) is 0.214. The number of carboxylic acids is 1. The van der Waals surface area contributed by atoms with E-state index in [0.717, 1.165) is 28.4 Å². The minimum Gasteiger partial charge on any atom is -0.478 e. The number of carboxylic acid groups (broad SMARTS) is 1. The lowest BCUT2D eigenvalue weighted by Gasteiger charge is -2.19. The van der Waals surface area contributed by atoms with Gasteiger partial charge in [0.25, 0.3) is 11.8 Å². The summed E-state index contributed by atoms with van der Waals surface area (Å²) < 4.78 is 0. The van der Waals surface area contributed by atoms with E-state index in [4.69, 9.17) is 0 Å². The Balaban J connectivity index is 1.19. The van der Waals surface area contributed by atoms with Crippen LogP contribution in [0.25, 0.3) is 16.6 Å². The van der Waals surface area contributed by atoms with Gasteiger partial charge in [0.1, 0.15) is 0 Å². The van der Waals surface area contributed by atoms with E-state index < -0.39 is 5.97 Å². The van der Waals surface area contributed by atoms with Crippen LogP contribution in [0.3, 0.4) is 0 Å². The molecule has 6 rings (SSSR count). The number of nitrogens with one attached hydrogen (secondary N) is 3. The molecule has 0 aliphatic carbocycles. The summed E-state index contributed by atoms with van der Waals surface area (Å²) in [5.41, 5.74) is 6.26. The number of hydrogen-bond donors (Lipinski definition) is 4. The lowest BCUT2D eigenvalue weighted by atomic mass is 9.93. The molecule has 1 aliphatic heterocycles. The number of aromatic nitrogens is 2. The van der Waals surface area contributed by atoms with Crippen LogP contribution in [0, 0.1) is 0 Å². The number of carbonyl (C=O) groups excluding carboxylic acids is 2. The highest BCUT2D eigenvalue weighted by atomic mass is 16.4. The van der Waals surface area contributed by atoms with Crippen molar-refractivity contribution in [2.45, 2.75) is 6.54 Å². The minimum atomic E-state index is -1.13. The van der Waals surface area contributed by atoms with Crippen LogP contribution in [-0.2, 0) is 11.3 Å². The van der Waals surface area contributed by atoms with E-state index in [9.17, 15) is 19.5 Å². The zero-order valence-electron chi connectivity index (χ0n) is 22.0. The molecule has 2 heterocycles. The molecule has 4 aromatic carbocycles. The molecule has 4 N–H and O–H groups in total. The number of H-pyrrole nitrogens is 1. The van der Waals surface area contributed by atoms with Gasteiger partial charge in [-0.1, -0.05) is 48.5 Å². The highest BCUT2D eigenvalue weighted by Gasteiger charge is 2.28. The Morgan fingerprint density at radius 1 is 0.927 bits per heavy atom. The molecule has 9 nitrogen and oxygen atoms in total. The van der Waals surface area contributed by atoms with E-state index in [1.165, 1.54) is 4.90 Å². The average molecular weight is 544 g/mol. The van der Waals surface area contributed by atoms with Gasteiger partial charge in [-0.2, -0.15) is 0 Å². The van der Waals surface area contributed by atoms with E-state index in [-0.39, 0.29) is 11.8 Å². The van der Waals surface area contributed by atoms with Crippen molar-refractivity contribution in [1.29, 1.82) is 0 Å². The van der Waals surface area contributed by atoms with Gasteiger partial charge < -0.3 is 25.6 Å². The Labute approximate surface area is 235 Å². The van der Waals surface area contributed by atoms with Gasteiger partial charge in [-0.25, -0.2) is 9.78 Å². The van der Waals surface area contributed by atoms with Gasteiger partial charge in [-0.3, -0.25) is 9.59 Å². The van der Waals surface area contributed by atoms with Gasteiger partial charge in [0.2, 0.25) is 5.95 Å². The molecular weight excluding hydrogens is 518 g/mol. The molecule has 5 aromatic rings. The zero-order chi connectivity index (χ0) is 28.5. The molecule has 0 spiro atoms. The van der Waals surface area contributed by atoms with Crippen molar-refractivity contribution in [3.8, 4) is 0 Å². The molecule has 2 amide bonds. The number of nitrogens with zero attached hydrogens (tertiary/aromatic N) is 2. The molecule has 0 bridgehead atoms. The molecule has 0 saturated carbocycles. The highest BCUT2D eigenvalue weighted by Crippen LogP contribution is 2.38. The third-order valence-corrected chi connectivity index (χ3v) is 6.99. The van der Waals surface area contributed by atoms with Crippen LogP contribution in [0.15, 0.2) is 97.1 Å². The summed E-state index contributed by atoms with van der Waals surface area (Å²) in [6.45, 7) is 0.297. The number of anilines is 3. The van der Waals surface area contributed by atoms with Crippen LogP contribution in [0.4, 0.5) is 17.3 Å². The standard InChI is InChI=1S/C32H25N5O4/c1-37-28-16-20(12-15-23(28)25(17-29(38)39)22-6-2-3-7-24(22)31(37)41)30(40)33-18-19-10-13-21(14-11-19)34-32-35-26-8-4-5-9-27(26)36-32/h2-17H,18H2,1H3,(H,33,40)(H,38,39)(H2,34,35,36). The van der Waals surface area contributed by atoms with Crippen molar-refractivity contribution >= 4 is 51.7 Å². The third kappa shape index (κ3) is 5.04. The van der Waals surface area contributed by atoms with Crippen LogP contribution in [-0.4, -0.2) is 39.9 Å². The number of para-hydroxylation sites is 2. The van der Waals surface area contributed by atoms with E-state index in [2.05, 4.69) is 20.6 Å². The summed E-state index contributed by atoms with van der Waals surface area (Å²) in [4.78, 5) is 47.2. The second-order valence-corrected chi connectivity index (χ2v) is 9.65. The topological polar surface area (TPSA) is 127 Å². The van der Waals surface area contributed by atoms with Crippen LogP contribution in [0.2, 0.25) is 0 Å². The molecule has 1 aliphatic rings. The summed E-state index contributed by atoms with van der Waals surface area (Å²) in [5, 5.41) is 15.7. The average Bonchev–Trinajstić information content (AvgIpc) is 3.37. The number of hydrogen-bond acceptors (Lipinski definition) is 5. The Morgan fingerprint density at radius 2 is 1.66 bits per heavy atom. The van der Waals surface area contributed by atoms with E-state index in [1.54, 1.807) is 49.5 Å². The molecule has 0 unspecified atom stereocenters. The van der Waals surface area contributed by atoms with Crippen molar-refractivity contribution in [2.24, 2.45) is 0 Å². The summed E-state index contributed by atoms with van der Waals surface area (Å²) >= 11 is 0. The van der Waals surface area contributed by atoms with Gasteiger partial charge in [-0.05, 0) is 59.2 Å². The van der Waals surface area contributed by atoms with Crippen LogP contribution in [0.1, 0.15) is 37.4 Å². The van der Waals surface area contributed by atoms with Crippen LogP contribution in [0.5, 0.6) is 0 Å². The number of fused-ring (bicyclic) bond motifs is 3. The molecular formula is C32H25N5O4. The van der Waals surface area contributed by atoms with Crippen molar-refractivity contribution < 1.29 is 19.5 Å². The molecule has 9 heteroatoms. The number of amides is 2. The predicted octanol–water partition coefficient (Wildman–Crippen LogP) is 5.34. The first-order valence-electron chi connectivity index (χ1n) is 12.9. The van der Waals surface area contributed by atoms with Gasteiger partial charge in [0.05, 0.1) is 16.7 Å². The van der Waals surface area contributed by atoms with E-state index >= 15 is 0 Å². The number of aromatic amines is 1. The predicted molar refractivity (Wildman–Crippen MR) is 157 cm³/mol. The normalized spacial score (nSPS) is 13.4. The molecule has 0 fully saturated rings. The van der Waals surface area contributed by atoms with Crippen LogP contribution < -0.4 is 15.5 Å². The first-order chi connectivity index (χ1) is 19.9. The molecule has 202 valence electrons. The fourth-order valence-corrected chi connectivity index (χ4v) is 4.94. The number of aliphatic carboxylic acids is 1. The lowest BCUT2D eigenvalue weighted by molar-refractivity contribution is -0.131. The van der Waals surface area contributed by atoms with Gasteiger partial charge in [-0.15, -0.1) is 0 Å². The molecule has 1 aromatic heterocycles. The van der Waals surface area contributed by atoms with E-state index in [1.807, 2.05) is 48.5 Å². The Hall–Kier alpha value is -5.70. The Kier molecular flexibility index (Phi) is 6.52. The van der Waals surface area contributed by atoms with Crippen molar-refractivity contribution in [2.75, 3.05) is 17.3 Å². The van der Waals surface area contributed by atoms with E-state index in [0.29, 0.717) is 46.0 Å². The van der Waals surface area contributed by atoms with Crippen molar-refractivity contribution in [3.63, 3.8) is 0 Å².